The molecule has 0 radical (unpaired) electrons. The molecule has 2 aliphatic rings. The van der Waals surface area contributed by atoms with Gasteiger partial charge in [-0.15, -0.1) is 0 Å². The first-order chi connectivity index (χ1) is 14.7. The maximum atomic E-state index is 13.9. The number of benzene rings is 1. The van der Waals surface area contributed by atoms with Crippen molar-refractivity contribution >= 4 is 22.8 Å². The highest BCUT2D eigenvalue weighted by Gasteiger charge is 2.35. The zero-order chi connectivity index (χ0) is 20.7. The van der Waals surface area contributed by atoms with Gasteiger partial charge in [0.1, 0.15) is 0 Å². The molecule has 1 N–H and O–H groups in total. The molecular formula is C23H24N6O. The predicted molar refractivity (Wildman–Crippen MR) is 115 cm³/mol. The van der Waals surface area contributed by atoms with E-state index in [2.05, 4.69) is 22.4 Å². The normalized spacial score (nSPS) is 18.3. The lowest BCUT2D eigenvalue weighted by atomic mass is 10.1. The van der Waals surface area contributed by atoms with Gasteiger partial charge < -0.3 is 14.8 Å². The van der Waals surface area contributed by atoms with Crippen molar-refractivity contribution < 1.29 is 4.79 Å². The van der Waals surface area contributed by atoms with Crippen LogP contribution in [-0.2, 0) is 20.1 Å². The number of piperidine rings is 1. The Balaban J connectivity index is 1.53. The SMILES string of the molecule is Cn1ccc2ccnc(N(C(=O)N3Cc4ccc(C#N)cc4C3)[C@@H]3CCCNC3)c21. The van der Waals surface area contributed by atoms with Crippen molar-refractivity contribution in [2.75, 3.05) is 18.0 Å². The Kier molecular flexibility index (Phi) is 4.64. The number of hydrogen-bond donors (Lipinski definition) is 1. The highest BCUT2D eigenvalue weighted by molar-refractivity contribution is 6.00. The zero-order valence-electron chi connectivity index (χ0n) is 17.0. The van der Waals surface area contributed by atoms with Crippen LogP contribution in [0.15, 0.2) is 42.7 Å². The number of pyridine rings is 1. The van der Waals surface area contributed by atoms with Crippen LogP contribution in [0.1, 0.15) is 29.5 Å². The molecule has 30 heavy (non-hydrogen) atoms. The van der Waals surface area contributed by atoms with Gasteiger partial charge in [-0.1, -0.05) is 6.07 Å². The maximum absolute atomic E-state index is 13.9. The largest absolute Gasteiger partial charge is 0.348 e. The van der Waals surface area contributed by atoms with E-state index >= 15 is 0 Å². The molecule has 7 heteroatoms. The van der Waals surface area contributed by atoms with Crippen molar-refractivity contribution in [3.63, 3.8) is 0 Å². The summed E-state index contributed by atoms with van der Waals surface area (Å²) in [5, 5.41) is 13.7. The van der Waals surface area contributed by atoms with Crippen molar-refractivity contribution in [1.29, 1.82) is 5.26 Å². The minimum Gasteiger partial charge on any atom is -0.348 e. The average Bonchev–Trinajstić information content (AvgIpc) is 3.38. The molecule has 1 saturated heterocycles. The number of nitrogens with one attached hydrogen (secondary N) is 1. The first kappa shape index (κ1) is 18.6. The Labute approximate surface area is 175 Å². The van der Waals surface area contributed by atoms with Crippen LogP contribution in [0.25, 0.3) is 10.9 Å². The minimum atomic E-state index is -0.0281. The highest BCUT2D eigenvalue weighted by Crippen LogP contribution is 2.31. The zero-order valence-corrected chi connectivity index (χ0v) is 17.0. The number of hydrogen-bond acceptors (Lipinski definition) is 4. The topological polar surface area (TPSA) is 77.2 Å². The number of carbonyl (C=O) groups excluding carboxylic acids is 1. The third kappa shape index (κ3) is 3.10. The minimum absolute atomic E-state index is 0.0281. The summed E-state index contributed by atoms with van der Waals surface area (Å²) >= 11 is 0. The Morgan fingerprint density at radius 1 is 1.27 bits per heavy atom. The second-order valence-corrected chi connectivity index (χ2v) is 8.10. The number of amides is 2. The number of fused-ring (bicyclic) bond motifs is 2. The van der Waals surface area contributed by atoms with E-state index in [1.54, 1.807) is 6.20 Å². The number of rotatable bonds is 2. The molecule has 0 aliphatic carbocycles. The van der Waals surface area contributed by atoms with Gasteiger partial charge in [-0.05, 0) is 54.8 Å². The summed E-state index contributed by atoms with van der Waals surface area (Å²) in [7, 11) is 1.99. The second-order valence-electron chi connectivity index (χ2n) is 8.10. The monoisotopic (exact) mass is 400 g/mol. The molecule has 2 aliphatic heterocycles. The molecule has 0 saturated carbocycles. The molecule has 1 aromatic carbocycles. The smallest absolute Gasteiger partial charge is 0.326 e. The van der Waals surface area contributed by atoms with Gasteiger partial charge in [-0.25, -0.2) is 9.78 Å². The van der Waals surface area contributed by atoms with Gasteiger partial charge in [0.05, 0.1) is 23.2 Å². The van der Waals surface area contributed by atoms with E-state index < -0.39 is 0 Å². The molecule has 5 rings (SSSR count). The molecule has 1 fully saturated rings. The molecular weight excluding hydrogens is 376 g/mol. The molecule has 2 amide bonds. The summed E-state index contributed by atoms with van der Waals surface area (Å²) in [6, 6.07) is 11.9. The number of urea groups is 1. The van der Waals surface area contributed by atoms with Crippen LogP contribution < -0.4 is 10.2 Å². The number of anilines is 1. The average molecular weight is 400 g/mol. The van der Waals surface area contributed by atoms with Crippen LogP contribution in [0.5, 0.6) is 0 Å². The van der Waals surface area contributed by atoms with Crippen molar-refractivity contribution in [2.24, 2.45) is 7.05 Å². The second kappa shape index (κ2) is 7.47. The number of carbonyl (C=O) groups is 1. The van der Waals surface area contributed by atoms with E-state index in [4.69, 9.17) is 0 Å². The summed E-state index contributed by atoms with van der Waals surface area (Å²) in [5.74, 6) is 0.715. The molecule has 1 atom stereocenters. The maximum Gasteiger partial charge on any atom is 0.326 e. The molecule has 152 valence electrons. The van der Waals surface area contributed by atoms with Crippen LogP contribution in [0.2, 0.25) is 0 Å². The highest BCUT2D eigenvalue weighted by atomic mass is 16.2. The van der Waals surface area contributed by atoms with Crippen LogP contribution in [0.3, 0.4) is 0 Å². The third-order valence-corrected chi connectivity index (χ3v) is 6.17. The summed E-state index contributed by atoms with van der Waals surface area (Å²) in [5.41, 5.74) is 3.76. The lowest BCUT2D eigenvalue weighted by Gasteiger charge is -2.36. The van der Waals surface area contributed by atoms with Crippen molar-refractivity contribution in [3.8, 4) is 6.07 Å². The van der Waals surface area contributed by atoms with Crippen LogP contribution in [-0.4, -0.2) is 39.6 Å². The molecule has 3 aromatic rings. The van der Waals surface area contributed by atoms with Crippen LogP contribution >= 0.6 is 0 Å². The first-order valence-corrected chi connectivity index (χ1v) is 10.4. The molecule has 0 unspecified atom stereocenters. The quantitative estimate of drug-likeness (QED) is 0.717. The third-order valence-electron chi connectivity index (χ3n) is 6.17. The summed E-state index contributed by atoms with van der Waals surface area (Å²) < 4.78 is 2.03. The van der Waals surface area contributed by atoms with Crippen molar-refractivity contribution in [2.45, 2.75) is 32.0 Å². The van der Waals surface area contributed by atoms with E-state index in [0.717, 1.165) is 48.0 Å². The number of nitrogens with zero attached hydrogens (tertiary/aromatic N) is 5. The lowest BCUT2D eigenvalue weighted by Crippen LogP contribution is -2.53. The van der Waals surface area contributed by atoms with Gasteiger partial charge in [0.2, 0.25) is 0 Å². The van der Waals surface area contributed by atoms with Crippen LogP contribution in [0, 0.1) is 11.3 Å². The Hall–Kier alpha value is -3.37. The van der Waals surface area contributed by atoms with Gasteiger partial charge in [0.15, 0.2) is 5.82 Å². The Morgan fingerprint density at radius 2 is 2.13 bits per heavy atom. The van der Waals surface area contributed by atoms with E-state index in [0.29, 0.717) is 24.5 Å². The number of aromatic nitrogens is 2. The molecule has 2 aromatic heterocycles. The summed E-state index contributed by atoms with van der Waals surface area (Å²) in [4.78, 5) is 22.3. The molecule has 4 heterocycles. The van der Waals surface area contributed by atoms with Gasteiger partial charge in [-0.2, -0.15) is 5.26 Å². The van der Waals surface area contributed by atoms with E-state index in [-0.39, 0.29) is 12.1 Å². The van der Waals surface area contributed by atoms with Gasteiger partial charge in [0, 0.05) is 44.5 Å². The van der Waals surface area contributed by atoms with Crippen molar-refractivity contribution in [3.05, 3.63) is 59.4 Å². The van der Waals surface area contributed by atoms with Crippen molar-refractivity contribution in [1.82, 2.24) is 19.8 Å². The number of aryl methyl sites for hydroxylation is 1. The lowest BCUT2D eigenvalue weighted by molar-refractivity contribution is 0.200. The summed E-state index contributed by atoms with van der Waals surface area (Å²) in [6.07, 6.45) is 5.77. The van der Waals surface area contributed by atoms with E-state index in [9.17, 15) is 10.1 Å². The fourth-order valence-corrected chi connectivity index (χ4v) is 4.62. The predicted octanol–water partition coefficient (Wildman–Crippen LogP) is 3.14. The first-order valence-electron chi connectivity index (χ1n) is 10.4. The standard InChI is InChI=1S/C23H24N6O/c1-27-10-7-17-6-9-26-22(21(17)27)29(20-3-2-8-25-13-20)23(30)28-14-18-5-4-16(12-24)11-19(18)15-28/h4-7,9-11,20,25H,2-3,8,13-15H2,1H3/t20-/m1/s1. The number of nitriles is 1. The van der Waals surface area contributed by atoms with E-state index in [1.807, 2.05) is 51.9 Å². The van der Waals surface area contributed by atoms with Gasteiger partial charge >= 0.3 is 6.03 Å². The van der Waals surface area contributed by atoms with Gasteiger partial charge in [0.25, 0.3) is 0 Å². The van der Waals surface area contributed by atoms with Gasteiger partial charge in [-0.3, -0.25) is 4.90 Å². The molecule has 0 bridgehead atoms. The summed E-state index contributed by atoms with van der Waals surface area (Å²) in [6.45, 7) is 2.81. The molecule has 7 nitrogen and oxygen atoms in total. The fraction of sp³-hybridized carbons (Fsp3) is 0.348. The van der Waals surface area contributed by atoms with Crippen LogP contribution in [0.4, 0.5) is 10.6 Å². The fourth-order valence-electron chi connectivity index (χ4n) is 4.62. The molecule has 0 spiro atoms. The van der Waals surface area contributed by atoms with E-state index in [1.165, 1.54) is 0 Å². The Morgan fingerprint density at radius 3 is 2.93 bits per heavy atom. The Bertz CT molecular complexity index is 1150.